The van der Waals surface area contributed by atoms with Crippen molar-refractivity contribution in [3.05, 3.63) is 108 Å². The van der Waals surface area contributed by atoms with E-state index in [1.54, 1.807) is 57.3 Å². The van der Waals surface area contributed by atoms with E-state index in [4.69, 9.17) is 0 Å². The maximum absolute atomic E-state index is 14.4. The van der Waals surface area contributed by atoms with E-state index in [0.717, 1.165) is 27.6 Å². The van der Waals surface area contributed by atoms with Gasteiger partial charge in [-0.05, 0) is 48.2 Å². The number of likely N-dealkylation sites (N-methyl/N-ethyl adjacent to an activating group) is 1. The molecule has 4 aromatic rings. The molecule has 6 rings (SSSR count). The van der Waals surface area contributed by atoms with Crippen LogP contribution >= 0.6 is 0 Å². The highest BCUT2D eigenvalue weighted by Crippen LogP contribution is 2.34. The summed E-state index contributed by atoms with van der Waals surface area (Å²) in [6.07, 6.45) is 2.15. The summed E-state index contributed by atoms with van der Waals surface area (Å²) in [5.41, 5.74) is 3.58. The second kappa shape index (κ2) is 11.9. The van der Waals surface area contributed by atoms with Crippen LogP contribution in [0.25, 0.3) is 10.9 Å². The van der Waals surface area contributed by atoms with Crippen LogP contribution in [0.15, 0.2) is 91.1 Å². The Morgan fingerprint density at radius 2 is 1.67 bits per heavy atom. The monoisotopic (exact) mass is 577 g/mol. The lowest BCUT2D eigenvalue weighted by Gasteiger charge is -2.57. The van der Waals surface area contributed by atoms with E-state index in [2.05, 4.69) is 4.98 Å². The summed E-state index contributed by atoms with van der Waals surface area (Å²) in [5.74, 6) is -0.360. The van der Waals surface area contributed by atoms with Crippen molar-refractivity contribution >= 4 is 28.6 Å². The van der Waals surface area contributed by atoms with Gasteiger partial charge in [0.15, 0.2) is 0 Å². The first-order chi connectivity index (χ1) is 20.8. The first kappa shape index (κ1) is 28.4. The molecule has 1 aromatic heterocycles. The zero-order chi connectivity index (χ0) is 30.1. The lowest BCUT2D eigenvalue weighted by atomic mass is 9.94. The molecule has 9 nitrogen and oxygen atoms in total. The van der Waals surface area contributed by atoms with E-state index in [9.17, 15) is 19.5 Å². The molecular weight excluding hydrogens is 542 g/mol. The average Bonchev–Trinajstić information content (AvgIpc) is 3.01. The molecular formula is C34H35N5O4. The fraction of sp³-hybridized carbons (Fsp3) is 0.294. The molecule has 0 bridgehead atoms. The van der Waals surface area contributed by atoms with Gasteiger partial charge >= 0.3 is 0 Å². The van der Waals surface area contributed by atoms with E-state index >= 15 is 0 Å². The third-order valence-electron chi connectivity index (χ3n) is 8.53. The maximum Gasteiger partial charge on any atom is 0.246 e. The third-order valence-corrected chi connectivity index (χ3v) is 8.53. The lowest BCUT2D eigenvalue weighted by molar-refractivity contribution is -0.210. The summed E-state index contributed by atoms with van der Waals surface area (Å²) >= 11 is 0. The Morgan fingerprint density at radius 1 is 0.930 bits per heavy atom. The summed E-state index contributed by atoms with van der Waals surface area (Å²) < 4.78 is 0. The number of phenolic OH excluding ortho intramolecular Hbond substituents is 1. The first-order valence-electron chi connectivity index (χ1n) is 14.6. The summed E-state index contributed by atoms with van der Waals surface area (Å²) in [6, 6.07) is 25.0. The molecule has 3 atom stereocenters. The molecule has 1 N–H and O–H groups in total. The Hall–Kier alpha value is -4.76. The number of aryl methyl sites for hydroxylation is 1. The number of amides is 3. The van der Waals surface area contributed by atoms with Crippen molar-refractivity contribution in [1.29, 1.82) is 0 Å². The molecule has 2 saturated heterocycles. The third kappa shape index (κ3) is 5.56. The number of phenols is 1. The number of aromatic nitrogens is 1. The second-order valence-electron chi connectivity index (χ2n) is 11.3. The lowest BCUT2D eigenvalue weighted by Crippen LogP contribution is -2.78. The number of aromatic hydroxyl groups is 1. The van der Waals surface area contributed by atoms with Gasteiger partial charge in [-0.1, -0.05) is 66.7 Å². The van der Waals surface area contributed by atoms with Gasteiger partial charge in [-0.3, -0.25) is 24.4 Å². The van der Waals surface area contributed by atoms with E-state index in [0.29, 0.717) is 6.42 Å². The standard InChI is InChI=1S/C34H35N5O4/c1-23-33-38(31(42)22-36(2)39(33)30(41)18-15-24-8-4-3-5-9-24)29(20-25-13-16-28(40)17-14-25)34(43)37(23)21-27-11-6-10-26-12-7-19-35-32(26)27/h3-14,16-17,19,23,29,33,40H,15,18,20-22H2,1-2H3/t23-,29-,33?/m0/s1. The van der Waals surface area contributed by atoms with Gasteiger partial charge in [0.05, 0.1) is 18.1 Å². The number of fused-ring (bicyclic) bond motifs is 2. The molecule has 0 spiro atoms. The van der Waals surface area contributed by atoms with Crippen LogP contribution in [0.1, 0.15) is 30.0 Å². The van der Waals surface area contributed by atoms with Crippen LogP contribution in [0.5, 0.6) is 5.75 Å². The van der Waals surface area contributed by atoms with Crippen LogP contribution < -0.4 is 0 Å². The Kier molecular flexibility index (Phi) is 7.82. The molecule has 0 saturated carbocycles. The average molecular weight is 578 g/mol. The molecule has 43 heavy (non-hydrogen) atoms. The van der Waals surface area contributed by atoms with Crippen molar-refractivity contribution in [2.75, 3.05) is 13.6 Å². The van der Waals surface area contributed by atoms with Gasteiger partial charge in [0.1, 0.15) is 18.0 Å². The van der Waals surface area contributed by atoms with Crippen molar-refractivity contribution in [3.63, 3.8) is 0 Å². The molecule has 3 aromatic carbocycles. The highest BCUT2D eigenvalue weighted by Gasteiger charge is 2.53. The van der Waals surface area contributed by atoms with Gasteiger partial charge in [-0.15, -0.1) is 0 Å². The Morgan fingerprint density at radius 3 is 2.44 bits per heavy atom. The van der Waals surface area contributed by atoms with Gasteiger partial charge < -0.3 is 14.9 Å². The van der Waals surface area contributed by atoms with E-state index in [-0.39, 0.29) is 49.4 Å². The molecule has 0 aliphatic carbocycles. The maximum atomic E-state index is 14.4. The summed E-state index contributed by atoms with van der Waals surface area (Å²) in [7, 11) is 1.76. The van der Waals surface area contributed by atoms with Crippen molar-refractivity contribution in [2.45, 2.75) is 51.0 Å². The zero-order valence-corrected chi connectivity index (χ0v) is 24.3. The highest BCUT2D eigenvalue weighted by atomic mass is 16.3. The van der Waals surface area contributed by atoms with Gasteiger partial charge in [-0.2, -0.15) is 0 Å². The van der Waals surface area contributed by atoms with Crippen LogP contribution in [-0.4, -0.2) is 79.5 Å². The number of nitrogens with zero attached hydrogens (tertiary/aromatic N) is 5. The van der Waals surface area contributed by atoms with Crippen molar-refractivity contribution < 1.29 is 19.5 Å². The Labute approximate surface area is 250 Å². The highest BCUT2D eigenvalue weighted by molar-refractivity contribution is 5.92. The smallest absolute Gasteiger partial charge is 0.246 e. The number of hydrogen-bond acceptors (Lipinski definition) is 6. The van der Waals surface area contributed by atoms with Crippen LogP contribution in [0.2, 0.25) is 0 Å². The van der Waals surface area contributed by atoms with Crippen LogP contribution in [0, 0.1) is 0 Å². The molecule has 0 radical (unpaired) electrons. The minimum atomic E-state index is -0.820. The number of rotatable bonds is 7. The fourth-order valence-electron chi connectivity index (χ4n) is 6.38. The molecule has 220 valence electrons. The number of para-hydroxylation sites is 1. The summed E-state index contributed by atoms with van der Waals surface area (Å²) in [5, 5.41) is 14.2. The molecule has 1 unspecified atom stereocenters. The minimum Gasteiger partial charge on any atom is -0.508 e. The second-order valence-corrected chi connectivity index (χ2v) is 11.3. The van der Waals surface area contributed by atoms with Gasteiger partial charge in [0, 0.05) is 38.0 Å². The summed E-state index contributed by atoms with van der Waals surface area (Å²) in [4.78, 5) is 50.0. The minimum absolute atomic E-state index is 0.00705. The van der Waals surface area contributed by atoms with E-state index < -0.39 is 18.2 Å². The molecule has 2 fully saturated rings. The van der Waals surface area contributed by atoms with Crippen LogP contribution in [0.3, 0.4) is 0 Å². The summed E-state index contributed by atoms with van der Waals surface area (Å²) in [6.45, 7) is 2.19. The van der Waals surface area contributed by atoms with Gasteiger partial charge in [-0.25, -0.2) is 5.01 Å². The largest absolute Gasteiger partial charge is 0.508 e. The number of benzene rings is 3. The molecule has 9 heteroatoms. The van der Waals surface area contributed by atoms with E-state index in [1.165, 1.54) is 0 Å². The number of piperazine rings is 1. The van der Waals surface area contributed by atoms with Crippen LogP contribution in [0.4, 0.5) is 0 Å². The number of carbonyl (C=O) groups is 3. The molecule has 2 aliphatic heterocycles. The fourth-order valence-corrected chi connectivity index (χ4v) is 6.38. The topological polar surface area (TPSA) is 97.3 Å². The normalized spacial score (nSPS) is 20.9. The van der Waals surface area contributed by atoms with Gasteiger partial charge in [0.2, 0.25) is 17.7 Å². The van der Waals surface area contributed by atoms with Gasteiger partial charge in [0.25, 0.3) is 0 Å². The predicted molar refractivity (Wildman–Crippen MR) is 162 cm³/mol. The quantitative estimate of drug-likeness (QED) is 0.359. The first-order valence-corrected chi connectivity index (χ1v) is 14.6. The van der Waals surface area contributed by atoms with Crippen molar-refractivity contribution in [2.24, 2.45) is 0 Å². The van der Waals surface area contributed by atoms with E-state index in [1.807, 2.05) is 67.6 Å². The number of pyridine rings is 1. The Bertz CT molecular complexity index is 1640. The van der Waals surface area contributed by atoms with Crippen molar-refractivity contribution in [3.8, 4) is 5.75 Å². The number of carbonyl (C=O) groups excluding carboxylic acids is 3. The van der Waals surface area contributed by atoms with Crippen molar-refractivity contribution in [1.82, 2.24) is 24.8 Å². The molecule has 2 aliphatic rings. The predicted octanol–water partition coefficient (Wildman–Crippen LogP) is 3.76. The van der Waals surface area contributed by atoms with Crippen LogP contribution in [-0.2, 0) is 33.8 Å². The molecule has 3 heterocycles. The number of hydrazine groups is 1. The number of hydrogen-bond donors (Lipinski definition) is 1. The SMILES string of the molecule is C[C@H]1C2N(C(=O)CN(C)N2C(=O)CCc2ccccc2)[C@@H](Cc2ccc(O)cc2)C(=O)N1Cc1cccc2cccnc12. The zero-order valence-electron chi connectivity index (χ0n) is 24.3. The Balaban J connectivity index is 1.38. The molecule has 3 amide bonds.